The van der Waals surface area contributed by atoms with Crippen molar-refractivity contribution in [3.05, 3.63) is 47.5 Å². The molecule has 1 spiro atoms. The van der Waals surface area contributed by atoms with E-state index >= 15 is 0 Å². The third kappa shape index (κ3) is 10.3. The number of hydrogen-bond donors (Lipinski definition) is 1. The standard InChI is InChI=1S/C19H27N3O5.C19H28N2O3/c1-25-9-8-22-18(24)20-17(23)19(22)4-6-21(7-5-19)13-14-10-15(26-2)12-16(11-14)27-3;1-22-10-4-5-19(15-20)6-8-21(9-7-19)14-16-11-17(23-2)13-18(12-16)24-3/h10-12H,4-9,13H2,1-3H3,(H,20,23,24);11-13H,4-10,14H2,1-3H3. The molecule has 0 aliphatic carbocycles. The van der Waals surface area contributed by atoms with Crippen molar-refractivity contribution in [2.75, 3.05) is 88.6 Å². The predicted octanol–water partition coefficient (Wildman–Crippen LogP) is 4.47. The first-order valence-corrected chi connectivity index (χ1v) is 17.6. The highest BCUT2D eigenvalue weighted by atomic mass is 16.5. The number of amides is 3. The van der Waals surface area contributed by atoms with Gasteiger partial charge in [-0.05, 0) is 73.9 Å². The number of carbonyl (C=O) groups is 2. The average Bonchev–Trinajstić information content (AvgIpc) is 3.38. The smallest absolute Gasteiger partial charge is 0.325 e. The minimum atomic E-state index is -0.752. The average molecular weight is 710 g/mol. The van der Waals surface area contributed by atoms with Crippen molar-refractivity contribution in [2.45, 2.75) is 57.2 Å². The molecule has 3 saturated heterocycles. The molecular formula is C38H55N5O8. The van der Waals surface area contributed by atoms with E-state index in [9.17, 15) is 14.9 Å². The number of nitrogens with zero attached hydrogens (tertiary/aromatic N) is 4. The maximum atomic E-state index is 12.5. The second-order valence-electron chi connectivity index (χ2n) is 13.4. The minimum Gasteiger partial charge on any atom is -0.497 e. The third-order valence-corrected chi connectivity index (χ3v) is 10.3. The Bertz CT molecular complexity index is 1440. The predicted molar refractivity (Wildman–Crippen MR) is 192 cm³/mol. The van der Waals surface area contributed by atoms with Crippen LogP contribution in [0.25, 0.3) is 0 Å². The summed E-state index contributed by atoms with van der Waals surface area (Å²) >= 11 is 0. The van der Waals surface area contributed by atoms with E-state index in [0.29, 0.717) is 26.0 Å². The lowest BCUT2D eigenvalue weighted by Crippen LogP contribution is -2.57. The fourth-order valence-corrected chi connectivity index (χ4v) is 7.22. The molecule has 3 aliphatic rings. The molecule has 0 bridgehead atoms. The normalized spacial score (nSPS) is 18.4. The van der Waals surface area contributed by atoms with E-state index in [0.717, 1.165) is 100 Å². The third-order valence-electron chi connectivity index (χ3n) is 10.3. The SMILES string of the molecule is COCCCC1(C#N)CCN(Cc2cc(OC)cc(OC)c2)CC1.COCCN1C(=O)NC(=O)C12CCN(Cc1cc(OC)cc(OC)c1)CC2. The summed E-state index contributed by atoms with van der Waals surface area (Å²) in [7, 11) is 9.90. The summed E-state index contributed by atoms with van der Waals surface area (Å²) in [4.78, 5) is 31.0. The van der Waals surface area contributed by atoms with Gasteiger partial charge in [-0.25, -0.2) is 4.79 Å². The van der Waals surface area contributed by atoms with Crippen LogP contribution >= 0.6 is 0 Å². The Hall–Kier alpha value is -4.09. The molecule has 0 aromatic heterocycles. The van der Waals surface area contributed by atoms with E-state index in [1.54, 1.807) is 47.6 Å². The number of methoxy groups -OCH3 is 6. The zero-order valence-electron chi connectivity index (χ0n) is 31.1. The summed E-state index contributed by atoms with van der Waals surface area (Å²) in [5.41, 5.74) is 1.33. The Balaban J connectivity index is 0.000000230. The fourth-order valence-electron chi connectivity index (χ4n) is 7.22. The fraction of sp³-hybridized carbons (Fsp3) is 0.605. The lowest BCUT2D eigenvalue weighted by atomic mass is 9.76. The van der Waals surface area contributed by atoms with Crippen LogP contribution in [-0.4, -0.2) is 121 Å². The van der Waals surface area contributed by atoms with Gasteiger partial charge in [0.15, 0.2) is 0 Å². The lowest BCUT2D eigenvalue weighted by Gasteiger charge is -2.42. The van der Waals surface area contributed by atoms with Crippen LogP contribution in [0.1, 0.15) is 49.7 Å². The first-order valence-electron chi connectivity index (χ1n) is 17.6. The van der Waals surface area contributed by atoms with Crippen LogP contribution in [0.15, 0.2) is 36.4 Å². The van der Waals surface area contributed by atoms with Crippen molar-refractivity contribution in [1.82, 2.24) is 20.0 Å². The zero-order valence-corrected chi connectivity index (χ0v) is 31.1. The molecule has 1 N–H and O–H groups in total. The van der Waals surface area contributed by atoms with Crippen molar-refractivity contribution < 1.29 is 38.0 Å². The van der Waals surface area contributed by atoms with Gasteiger partial charge in [0.2, 0.25) is 0 Å². The number of hydrogen-bond acceptors (Lipinski definition) is 11. The van der Waals surface area contributed by atoms with Crippen molar-refractivity contribution in [3.63, 3.8) is 0 Å². The quantitative estimate of drug-likeness (QED) is 0.207. The molecule has 0 atom stereocenters. The number of likely N-dealkylation sites (tertiary alicyclic amines) is 2. The number of urea groups is 1. The molecule has 13 heteroatoms. The van der Waals surface area contributed by atoms with Gasteiger partial charge >= 0.3 is 6.03 Å². The van der Waals surface area contributed by atoms with E-state index in [4.69, 9.17) is 28.4 Å². The van der Waals surface area contributed by atoms with Gasteiger partial charge in [0.25, 0.3) is 5.91 Å². The number of nitrogens with one attached hydrogen (secondary N) is 1. The Labute approximate surface area is 302 Å². The van der Waals surface area contributed by atoms with Crippen LogP contribution in [0.2, 0.25) is 0 Å². The lowest BCUT2D eigenvalue weighted by molar-refractivity contribution is -0.129. The number of nitriles is 1. The van der Waals surface area contributed by atoms with Gasteiger partial charge in [-0.2, -0.15) is 5.26 Å². The van der Waals surface area contributed by atoms with Crippen molar-refractivity contribution >= 4 is 11.9 Å². The molecule has 3 aliphatic heterocycles. The first kappa shape index (κ1) is 39.7. The highest BCUT2D eigenvalue weighted by Crippen LogP contribution is 2.37. The molecule has 51 heavy (non-hydrogen) atoms. The van der Waals surface area contributed by atoms with E-state index in [1.165, 1.54) is 5.56 Å². The highest BCUT2D eigenvalue weighted by Gasteiger charge is 2.53. The summed E-state index contributed by atoms with van der Waals surface area (Å²) in [6.07, 6.45) is 4.95. The molecule has 3 fully saturated rings. The Morgan fingerprint density at radius 1 is 0.686 bits per heavy atom. The second kappa shape index (κ2) is 18.9. The van der Waals surface area contributed by atoms with Crippen LogP contribution in [0, 0.1) is 16.7 Å². The van der Waals surface area contributed by atoms with E-state index in [1.807, 2.05) is 36.4 Å². The van der Waals surface area contributed by atoms with Crippen LogP contribution < -0.4 is 24.3 Å². The maximum absolute atomic E-state index is 12.5. The molecule has 280 valence electrons. The molecule has 2 aromatic carbocycles. The van der Waals surface area contributed by atoms with Gasteiger partial charge in [-0.15, -0.1) is 0 Å². The molecular weight excluding hydrogens is 654 g/mol. The molecule has 0 unspecified atom stereocenters. The monoisotopic (exact) mass is 709 g/mol. The second-order valence-corrected chi connectivity index (χ2v) is 13.4. The van der Waals surface area contributed by atoms with Gasteiger partial charge in [0, 0.05) is 78.8 Å². The number of rotatable bonds is 15. The number of ether oxygens (including phenoxy) is 6. The van der Waals surface area contributed by atoms with E-state index in [-0.39, 0.29) is 17.4 Å². The van der Waals surface area contributed by atoms with Gasteiger partial charge in [0.1, 0.15) is 28.5 Å². The van der Waals surface area contributed by atoms with Crippen LogP contribution in [-0.2, 0) is 27.4 Å². The molecule has 3 amide bonds. The number of benzene rings is 2. The molecule has 5 rings (SSSR count). The summed E-state index contributed by atoms with van der Waals surface area (Å²) in [6, 6.07) is 14.1. The van der Waals surface area contributed by atoms with Crippen molar-refractivity contribution in [1.29, 1.82) is 5.26 Å². The molecule has 0 radical (unpaired) electrons. The van der Waals surface area contributed by atoms with E-state index in [2.05, 4.69) is 21.2 Å². The topological polar surface area (TPSA) is 135 Å². The highest BCUT2D eigenvalue weighted by molar-refractivity contribution is 6.07. The molecule has 2 aromatic rings. The Morgan fingerprint density at radius 3 is 1.55 bits per heavy atom. The Morgan fingerprint density at radius 2 is 1.14 bits per heavy atom. The summed E-state index contributed by atoms with van der Waals surface area (Å²) in [5, 5.41) is 12.1. The molecule has 0 saturated carbocycles. The van der Waals surface area contributed by atoms with Gasteiger partial charge in [-0.3, -0.25) is 19.9 Å². The van der Waals surface area contributed by atoms with E-state index < -0.39 is 5.54 Å². The zero-order chi connectivity index (χ0) is 36.9. The van der Waals surface area contributed by atoms with Gasteiger partial charge in [0.05, 0.1) is 46.5 Å². The van der Waals surface area contributed by atoms with Crippen LogP contribution in [0.4, 0.5) is 4.79 Å². The van der Waals surface area contributed by atoms with Gasteiger partial charge < -0.3 is 33.3 Å². The van der Waals surface area contributed by atoms with Crippen molar-refractivity contribution in [3.8, 4) is 29.1 Å². The van der Waals surface area contributed by atoms with Gasteiger partial charge in [-0.1, -0.05) is 0 Å². The molecule has 3 heterocycles. The number of carbonyl (C=O) groups excluding carboxylic acids is 2. The largest absolute Gasteiger partial charge is 0.497 e. The van der Waals surface area contributed by atoms with Crippen molar-refractivity contribution in [2.24, 2.45) is 5.41 Å². The first-order chi connectivity index (χ1) is 24.7. The summed E-state index contributed by atoms with van der Waals surface area (Å²) in [6.45, 7) is 6.49. The molecule has 13 nitrogen and oxygen atoms in total. The maximum Gasteiger partial charge on any atom is 0.325 e. The van der Waals surface area contributed by atoms with Crippen LogP contribution in [0.3, 0.4) is 0 Å². The minimum absolute atomic E-state index is 0.179. The Kier molecular flexibility index (Phi) is 14.7. The number of imide groups is 1. The summed E-state index contributed by atoms with van der Waals surface area (Å²) < 4.78 is 31.6. The number of piperidine rings is 2. The van der Waals surface area contributed by atoms with Crippen LogP contribution in [0.5, 0.6) is 23.0 Å². The summed E-state index contributed by atoms with van der Waals surface area (Å²) in [5.74, 6) is 2.94.